The monoisotopic (exact) mass is 963 g/mol. The van der Waals surface area contributed by atoms with Crippen LogP contribution in [0.5, 0.6) is 0 Å². The minimum absolute atomic E-state index is 0.125. The third-order valence-corrected chi connectivity index (χ3v) is 10.9. The molecule has 0 aromatic heterocycles. The van der Waals surface area contributed by atoms with Crippen molar-refractivity contribution in [1.29, 1.82) is 0 Å². The molecule has 0 aromatic carbocycles. The van der Waals surface area contributed by atoms with E-state index in [0.29, 0.717) is 12.8 Å². The van der Waals surface area contributed by atoms with Gasteiger partial charge in [0.25, 0.3) is 0 Å². The maximum Gasteiger partial charge on any atom is 0.306 e. The molecule has 0 N–H and O–H groups in total. The van der Waals surface area contributed by atoms with Crippen molar-refractivity contribution in [2.24, 2.45) is 0 Å². The van der Waals surface area contributed by atoms with Gasteiger partial charge in [0.05, 0.1) is 0 Å². The highest BCUT2D eigenvalue weighted by Crippen LogP contribution is 2.12. The summed E-state index contributed by atoms with van der Waals surface area (Å²) in [5.74, 6) is -1.03. The summed E-state index contributed by atoms with van der Waals surface area (Å²) in [6.45, 7) is 6.26. The number of rotatable bonds is 47. The maximum absolute atomic E-state index is 12.8. The van der Waals surface area contributed by atoms with Crippen LogP contribution in [0.4, 0.5) is 0 Å². The van der Waals surface area contributed by atoms with Crippen LogP contribution in [0.1, 0.15) is 207 Å². The van der Waals surface area contributed by atoms with Crippen molar-refractivity contribution in [2.45, 2.75) is 213 Å². The van der Waals surface area contributed by atoms with Crippen LogP contribution in [0.3, 0.4) is 0 Å². The Bertz CT molecular complexity index is 1620. The lowest BCUT2D eigenvalue weighted by Crippen LogP contribution is -2.30. The summed E-state index contributed by atoms with van der Waals surface area (Å²) in [5.41, 5.74) is 0. The van der Waals surface area contributed by atoms with Crippen LogP contribution < -0.4 is 0 Å². The van der Waals surface area contributed by atoms with Gasteiger partial charge in [-0.05, 0) is 109 Å². The minimum Gasteiger partial charge on any atom is -0.462 e. The first-order chi connectivity index (χ1) is 34.5. The van der Waals surface area contributed by atoms with Crippen LogP contribution in [0.2, 0.25) is 0 Å². The summed E-state index contributed by atoms with van der Waals surface area (Å²) in [4.78, 5) is 38.1. The molecule has 0 aliphatic carbocycles. The lowest BCUT2D eigenvalue weighted by Gasteiger charge is -2.18. The molecule has 1 unspecified atom stereocenters. The molecule has 0 bridgehead atoms. The first kappa shape index (κ1) is 65.0. The van der Waals surface area contributed by atoms with E-state index in [0.717, 1.165) is 135 Å². The Hall–Kier alpha value is -4.97. The second-order valence-corrected chi connectivity index (χ2v) is 17.6. The van der Waals surface area contributed by atoms with Crippen molar-refractivity contribution in [3.05, 3.63) is 158 Å². The van der Waals surface area contributed by atoms with Gasteiger partial charge in [-0.1, -0.05) is 237 Å². The topological polar surface area (TPSA) is 78.9 Å². The van der Waals surface area contributed by atoms with Gasteiger partial charge in [0.1, 0.15) is 13.2 Å². The van der Waals surface area contributed by atoms with Crippen molar-refractivity contribution in [3.8, 4) is 0 Å². The van der Waals surface area contributed by atoms with Gasteiger partial charge < -0.3 is 14.2 Å². The predicted molar refractivity (Wildman–Crippen MR) is 302 cm³/mol. The molecule has 0 aliphatic rings. The van der Waals surface area contributed by atoms with Gasteiger partial charge in [-0.2, -0.15) is 0 Å². The molecule has 0 aliphatic heterocycles. The molecule has 6 nitrogen and oxygen atoms in total. The number of esters is 3. The van der Waals surface area contributed by atoms with Gasteiger partial charge in [-0.3, -0.25) is 14.4 Å². The highest BCUT2D eigenvalue weighted by atomic mass is 16.6. The number of carbonyl (C=O) groups excluding carboxylic acids is 3. The van der Waals surface area contributed by atoms with Crippen molar-refractivity contribution in [1.82, 2.24) is 0 Å². The van der Waals surface area contributed by atoms with E-state index in [9.17, 15) is 14.4 Å². The van der Waals surface area contributed by atoms with Gasteiger partial charge >= 0.3 is 17.9 Å². The van der Waals surface area contributed by atoms with Crippen molar-refractivity contribution < 1.29 is 28.6 Å². The Morgan fingerprint density at radius 2 is 0.629 bits per heavy atom. The normalized spacial score (nSPS) is 13.4. The largest absolute Gasteiger partial charge is 0.462 e. The zero-order chi connectivity index (χ0) is 50.7. The minimum atomic E-state index is -0.829. The zero-order valence-corrected chi connectivity index (χ0v) is 44.5. The zero-order valence-electron chi connectivity index (χ0n) is 44.5. The summed E-state index contributed by atoms with van der Waals surface area (Å²) in [7, 11) is 0. The number of hydrogen-bond donors (Lipinski definition) is 0. The molecule has 0 fully saturated rings. The molecule has 390 valence electrons. The van der Waals surface area contributed by atoms with Crippen LogP contribution in [0.15, 0.2) is 158 Å². The molecule has 0 rings (SSSR count). The average Bonchev–Trinajstić information content (AvgIpc) is 3.36. The molecule has 70 heavy (non-hydrogen) atoms. The molecule has 1 atom stereocenters. The van der Waals surface area contributed by atoms with Gasteiger partial charge in [-0.25, -0.2) is 0 Å². The first-order valence-electron chi connectivity index (χ1n) is 27.6. The van der Waals surface area contributed by atoms with Crippen LogP contribution >= 0.6 is 0 Å². The lowest BCUT2D eigenvalue weighted by molar-refractivity contribution is -0.167. The summed E-state index contributed by atoms with van der Waals surface area (Å²) < 4.78 is 16.8. The smallest absolute Gasteiger partial charge is 0.306 e. The fourth-order valence-corrected chi connectivity index (χ4v) is 6.84. The van der Waals surface area contributed by atoms with Crippen molar-refractivity contribution in [3.63, 3.8) is 0 Å². The Balaban J connectivity index is 4.60. The SMILES string of the molecule is CC\C=C/C=C\C=C/C=C\C=C/CCCCCC(=O)OCC(COC(=O)CCCCC/C=C\C/C=C\C/C=C\C/C=C\C/C=C\CC)OC(=O)CCCCCCC\C=C/C=C\C=C/CCCCCCC. The molecule has 0 radical (unpaired) electrons. The summed E-state index contributed by atoms with van der Waals surface area (Å²) in [6.07, 6.45) is 82.2. The highest BCUT2D eigenvalue weighted by molar-refractivity contribution is 5.71. The lowest BCUT2D eigenvalue weighted by atomic mass is 10.1. The predicted octanol–water partition coefficient (Wildman–Crippen LogP) is 18.6. The van der Waals surface area contributed by atoms with E-state index in [4.69, 9.17) is 14.2 Å². The second-order valence-electron chi connectivity index (χ2n) is 17.6. The van der Waals surface area contributed by atoms with Crippen LogP contribution in [-0.2, 0) is 28.6 Å². The van der Waals surface area contributed by atoms with Gasteiger partial charge in [0, 0.05) is 19.3 Å². The Kier molecular flexibility index (Phi) is 52.6. The van der Waals surface area contributed by atoms with E-state index < -0.39 is 6.10 Å². The molecule has 0 spiro atoms. The van der Waals surface area contributed by atoms with Crippen LogP contribution in [0.25, 0.3) is 0 Å². The molecule has 6 heteroatoms. The van der Waals surface area contributed by atoms with Crippen molar-refractivity contribution >= 4 is 17.9 Å². The number of allylic oxidation sites excluding steroid dienone is 26. The molecule has 0 amide bonds. The maximum atomic E-state index is 12.8. The summed E-state index contributed by atoms with van der Waals surface area (Å²) >= 11 is 0. The number of carbonyl (C=O) groups is 3. The molecule has 0 aromatic rings. The van der Waals surface area contributed by atoms with E-state index in [1.807, 2.05) is 48.6 Å². The van der Waals surface area contributed by atoms with Gasteiger partial charge in [0.2, 0.25) is 0 Å². The molecule has 0 heterocycles. The van der Waals surface area contributed by atoms with E-state index >= 15 is 0 Å². The quantitative estimate of drug-likeness (QED) is 0.0199. The molecule has 0 saturated heterocycles. The summed E-state index contributed by atoms with van der Waals surface area (Å²) in [5, 5.41) is 0. The van der Waals surface area contributed by atoms with Gasteiger partial charge in [-0.15, -0.1) is 0 Å². The first-order valence-corrected chi connectivity index (χ1v) is 27.6. The van der Waals surface area contributed by atoms with Gasteiger partial charge in [0.15, 0.2) is 6.10 Å². The highest BCUT2D eigenvalue weighted by Gasteiger charge is 2.19. The van der Waals surface area contributed by atoms with Crippen LogP contribution in [0, 0.1) is 0 Å². The molecule has 0 saturated carbocycles. The third-order valence-electron chi connectivity index (χ3n) is 10.9. The number of unbranched alkanes of at least 4 members (excludes halogenated alkanes) is 16. The Morgan fingerprint density at radius 3 is 1.06 bits per heavy atom. The Morgan fingerprint density at radius 1 is 0.314 bits per heavy atom. The molecular formula is C64H98O6. The second kappa shape index (κ2) is 56.6. The standard InChI is InChI=1S/C64H98O6/c1-4-7-10-13-16-19-22-25-28-30-32-34-36-39-42-45-48-51-54-57-63(66)69-60-61(59-68-62(65)56-53-50-47-44-41-38-35-27-24-21-18-15-12-9-6-3)70-64(67)58-55-52-49-46-43-40-37-33-31-29-26-23-20-17-14-11-8-5-2/h7,9-10,12,15-16,18-19,21,23-29,31-35,37-39,41-42,61H,4-6,8,11,13-14,17,20,22,30,36,40,43-60H2,1-3H3/b10-7-,12-9-,18-15-,19-16-,24-21-,26-23-,28-25-,31-29-,34-32-,35-27-,37-33-,41-38-,42-39-. The van der Waals surface area contributed by atoms with E-state index in [-0.39, 0.29) is 37.5 Å². The summed E-state index contributed by atoms with van der Waals surface area (Å²) in [6, 6.07) is 0. The van der Waals surface area contributed by atoms with E-state index in [1.54, 1.807) is 0 Å². The number of ether oxygens (including phenoxy) is 3. The van der Waals surface area contributed by atoms with Crippen molar-refractivity contribution in [2.75, 3.05) is 13.2 Å². The fourth-order valence-electron chi connectivity index (χ4n) is 6.84. The van der Waals surface area contributed by atoms with E-state index in [1.165, 1.54) is 32.1 Å². The Labute approximate surface area is 429 Å². The van der Waals surface area contributed by atoms with E-state index in [2.05, 4.69) is 130 Å². The fraction of sp³-hybridized carbons (Fsp3) is 0.547. The number of hydrogen-bond acceptors (Lipinski definition) is 6. The van der Waals surface area contributed by atoms with Crippen LogP contribution in [-0.4, -0.2) is 37.2 Å². The average molecular weight is 963 g/mol. The molecular weight excluding hydrogens is 865 g/mol. The third kappa shape index (κ3) is 54.0.